The van der Waals surface area contributed by atoms with Gasteiger partial charge in [0.15, 0.2) is 5.16 Å². The summed E-state index contributed by atoms with van der Waals surface area (Å²) in [6.07, 6.45) is 0.779. The minimum absolute atomic E-state index is 0.0719. The molecule has 2 aromatic heterocycles. The number of nitrogens with zero attached hydrogens (tertiary/aromatic N) is 1. The zero-order valence-corrected chi connectivity index (χ0v) is 15.5. The third-order valence-corrected chi connectivity index (χ3v) is 5.28. The van der Waals surface area contributed by atoms with Crippen molar-refractivity contribution >= 4 is 22.7 Å². The van der Waals surface area contributed by atoms with Crippen LogP contribution in [0.5, 0.6) is 5.75 Å². The normalized spacial score (nSPS) is 11.1. The van der Waals surface area contributed by atoms with Crippen LogP contribution in [0.15, 0.2) is 69.0 Å². The van der Waals surface area contributed by atoms with Gasteiger partial charge in [-0.25, -0.2) is 9.78 Å². The molecule has 6 heteroatoms. The van der Waals surface area contributed by atoms with Gasteiger partial charge in [0, 0.05) is 35.4 Å². The summed E-state index contributed by atoms with van der Waals surface area (Å²) in [5.41, 5.74) is 4.09. The van der Waals surface area contributed by atoms with Crippen molar-refractivity contribution in [3.05, 3.63) is 87.5 Å². The lowest BCUT2D eigenvalue weighted by molar-refractivity contribution is 0.473. The summed E-state index contributed by atoms with van der Waals surface area (Å²) >= 11 is 1.54. The van der Waals surface area contributed by atoms with Crippen LogP contribution in [0.4, 0.5) is 0 Å². The van der Waals surface area contributed by atoms with Gasteiger partial charge in [0.2, 0.25) is 0 Å². The number of aromatic nitrogens is 2. The number of phenols is 1. The molecule has 2 heterocycles. The van der Waals surface area contributed by atoms with Gasteiger partial charge in [0.25, 0.3) is 0 Å². The van der Waals surface area contributed by atoms with Gasteiger partial charge in [-0.05, 0) is 30.2 Å². The predicted octanol–water partition coefficient (Wildman–Crippen LogP) is 4.41. The molecule has 0 bridgehead atoms. The van der Waals surface area contributed by atoms with Gasteiger partial charge in [-0.15, -0.1) is 0 Å². The number of rotatable bonds is 5. The molecule has 136 valence electrons. The number of aromatic hydroxyl groups is 1. The number of phenolic OH excluding ortho intramolecular Hbond substituents is 1. The Kier molecular flexibility index (Phi) is 4.73. The van der Waals surface area contributed by atoms with E-state index in [1.165, 1.54) is 29.5 Å². The summed E-state index contributed by atoms with van der Waals surface area (Å²) in [5, 5.41) is 11.2. The second-order valence-corrected chi connectivity index (χ2v) is 7.30. The van der Waals surface area contributed by atoms with Crippen LogP contribution in [0.25, 0.3) is 11.0 Å². The lowest BCUT2D eigenvalue weighted by Crippen LogP contribution is -1.99. The summed E-state index contributed by atoms with van der Waals surface area (Å²) in [7, 11) is 0. The molecule has 4 rings (SSSR count). The van der Waals surface area contributed by atoms with Crippen LogP contribution in [-0.2, 0) is 12.2 Å². The maximum atomic E-state index is 11.8. The smallest absolute Gasteiger partial charge is 0.336 e. The molecule has 5 nitrogen and oxygen atoms in total. The Balaban J connectivity index is 1.55. The lowest BCUT2D eigenvalue weighted by atomic mass is 10.1. The van der Waals surface area contributed by atoms with Crippen LogP contribution in [0.3, 0.4) is 0 Å². The third kappa shape index (κ3) is 3.90. The van der Waals surface area contributed by atoms with E-state index in [2.05, 4.69) is 17.1 Å². The standard InChI is InChI=1S/C21H18N2O3S/c1-13-18(9-14-5-3-2-4-6-14)23-21(22-13)27-12-15-10-20(25)26-19-11-16(24)7-8-17(15)19/h2-8,10-11,24H,9,12H2,1H3,(H,22,23). The molecule has 27 heavy (non-hydrogen) atoms. The third-order valence-electron chi connectivity index (χ3n) is 4.36. The molecule has 0 saturated carbocycles. The number of imidazole rings is 1. The first kappa shape index (κ1) is 17.4. The Labute approximate surface area is 160 Å². The first-order chi connectivity index (χ1) is 13.1. The SMILES string of the molecule is Cc1[nH]c(SCc2cc(=O)oc3cc(O)ccc23)nc1Cc1ccccc1. The highest BCUT2D eigenvalue weighted by Crippen LogP contribution is 2.27. The number of benzene rings is 2. The minimum atomic E-state index is -0.427. The van der Waals surface area contributed by atoms with Crippen LogP contribution in [0.2, 0.25) is 0 Å². The maximum absolute atomic E-state index is 11.8. The van der Waals surface area contributed by atoms with E-state index in [1.54, 1.807) is 12.1 Å². The molecular weight excluding hydrogens is 360 g/mol. The number of aromatic amines is 1. The molecule has 0 radical (unpaired) electrons. The molecule has 0 aliphatic heterocycles. The Hall–Kier alpha value is -2.99. The summed E-state index contributed by atoms with van der Waals surface area (Å²) in [5.74, 6) is 0.646. The fourth-order valence-corrected chi connectivity index (χ4v) is 3.91. The van der Waals surface area contributed by atoms with E-state index in [4.69, 9.17) is 9.40 Å². The molecule has 0 fully saturated rings. The van der Waals surface area contributed by atoms with Gasteiger partial charge in [0.1, 0.15) is 11.3 Å². The molecule has 4 aromatic rings. The zero-order valence-electron chi connectivity index (χ0n) is 14.7. The molecule has 2 aromatic carbocycles. The zero-order chi connectivity index (χ0) is 18.8. The van der Waals surface area contributed by atoms with Crippen molar-refractivity contribution in [1.82, 2.24) is 9.97 Å². The molecule has 0 atom stereocenters. The molecule has 0 aliphatic rings. The molecule has 2 N–H and O–H groups in total. The number of fused-ring (bicyclic) bond motifs is 1. The highest BCUT2D eigenvalue weighted by molar-refractivity contribution is 7.98. The van der Waals surface area contributed by atoms with E-state index in [0.717, 1.165) is 33.9 Å². The quantitative estimate of drug-likeness (QED) is 0.397. The van der Waals surface area contributed by atoms with Gasteiger partial charge in [-0.2, -0.15) is 0 Å². The molecule has 0 amide bonds. The van der Waals surface area contributed by atoms with Crippen molar-refractivity contribution in [3.63, 3.8) is 0 Å². The van der Waals surface area contributed by atoms with E-state index in [-0.39, 0.29) is 5.75 Å². The van der Waals surface area contributed by atoms with Crippen molar-refractivity contribution in [2.45, 2.75) is 24.3 Å². The van der Waals surface area contributed by atoms with Crippen molar-refractivity contribution in [1.29, 1.82) is 0 Å². The largest absolute Gasteiger partial charge is 0.508 e. The van der Waals surface area contributed by atoms with E-state index >= 15 is 0 Å². The first-order valence-corrected chi connectivity index (χ1v) is 9.55. The van der Waals surface area contributed by atoms with E-state index in [1.807, 2.05) is 25.1 Å². The lowest BCUT2D eigenvalue weighted by Gasteiger charge is -2.04. The van der Waals surface area contributed by atoms with Crippen molar-refractivity contribution in [2.24, 2.45) is 0 Å². The Morgan fingerprint density at radius 3 is 2.78 bits per heavy atom. The molecule has 0 aliphatic carbocycles. The second-order valence-electron chi connectivity index (χ2n) is 6.34. The van der Waals surface area contributed by atoms with Crippen LogP contribution >= 0.6 is 11.8 Å². The Bertz CT molecular complexity index is 1150. The first-order valence-electron chi connectivity index (χ1n) is 8.56. The van der Waals surface area contributed by atoms with E-state index in [0.29, 0.717) is 11.3 Å². The number of hydrogen-bond acceptors (Lipinski definition) is 5. The van der Waals surface area contributed by atoms with Crippen molar-refractivity contribution < 1.29 is 9.52 Å². The summed E-state index contributed by atoms with van der Waals surface area (Å²) < 4.78 is 5.18. The number of aryl methyl sites for hydroxylation is 1. The van der Waals surface area contributed by atoms with Crippen molar-refractivity contribution in [3.8, 4) is 5.75 Å². The van der Waals surface area contributed by atoms with Crippen molar-refractivity contribution in [2.75, 3.05) is 0 Å². The monoisotopic (exact) mass is 378 g/mol. The second kappa shape index (κ2) is 7.32. The van der Waals surface area contributed by atoms with E-state index in [9.17, 15) is 9.90 Å². The number of hydrogen-bond donors (Lipinski definition) is 2. The average molecular weight is 378 g/mol. The highest BCUT2D eigenvalue weighted by Gasteiger charge is 2.11. The van der Waals surface area contributed by atoms with Gasteiger partial charge in [-0.3, -0.25) is 0 Å². The summed E-state index contributed by atoms with van der Waals surface area (Å²) in [4.78, 5) is 19.8. The topological polar surface area (TPSA) is 79.1 Å². The van der Waals surface area contributed by atoms with Crippen LogP contribution < -0.4 is 5.63 Å². The average Bonchev–Trinajstić information content (AvgIpc) is 2.99. The van der Waals surface area contributed by atoms with Crippen LogP contribution in [0, 0.1) is 6.92 Å². The number of nitrogens with one attached hydrogen (secondary N) is 1. The van der Waals surface area contributed by atoms with Gasteiger partial charge in [-0.1, -0.05) is 42.1 Å². The Morgan fingerprint density at radius 2 is 1.96 bits per heavy atom. The van der Waals surface area contributed by atoms with Gasteiger partial charge in [0.05, 0.1) is 5.69 Å². The number of H-pyrrole nitrogens is 1. The fraction of sp³-hybridized carbons (Fsp3) is 0.143. The molecular formula is C21H18N2O3S. The molecule has 0 unspecified atom stereocenters. The van der Waals surface area contributed by atoms with Crippen LogP contribution in [-0.4, -0.2) is 15.1 Å². The fourth-order valence-electron chi connectivity index (χ4n) is 2.98. The van der Waals surface area contributed by atoms with E-state index < -0.39 is 5.63 Å². The minimum Gasteiger partial charge on any atom is -0.508 e. The summed E-state index contributed by atoms with van der Waals surface area (Å²) in [6, 6.07) is 16.5. The van der Waals surface area contributed by atoms with Gasteiger partial charge < -0.3 is 14.5 Å². The predicted molar refractivity (Wildman–Crippen MR) is 106 cm³/mol. The summed E-state index contributed by atoms with van der Waals surface area (Å²) in [6.45, 7) is 2.02. The van der Waals surface area contributed by atoms with Crippen LogP contribution in [0.1, 0.15) is 22.5 Å². The highest BCUT2D eigenvalue weighted by atomic mass is 32.2. The molecule has 0 spiro atoms. The Morgan fingerprint density at radius 1 is 1.15 bits per heavy atom. The van der Waals surface area contributed by atoms with Gasteiger partial charge >= 0.3 is 5.63 Å². The number of thioether (sulfide) groups is 1. The maximum Gasteiger partial charge on any atom is 0.336 e. The molecule has 0 saturated heterocycles.